The van der Waals surface area contributed by atoms with E-state index in [1.807, 2.05) is 0 Å². The minimum atomic E-state index is -0.162. The third kappa shape index (κ3) is 3.30. The number of hydrogen-bond acceptors (Lipinski definition) is 3. The van der Waals surface area contributed by atoms with Gasteiger partial charge in [0.05, 0.1) is 11.6 Å². The average molecular weight is 240 g/mol. The lowest BCUT2D eigenvalue weighted by Crippen LogP contribution is -2.55. The van der Waals surface area contributed by atoms with E-state index in [9.17, 15) is 0 Å². The smallest absolute Gasteiger partial charge is 0.0876 e. The number of nitrogens with one attached hydrogen (secondary N) is 1. The van der Waals surface area contributed by atoms with Crippen LogP contribution in [0.4, 0.5) is 0 Å². The maximum atomic E-state index is 5.80. The Bertz CT molecular complexity index is 238. The van der Waals surface area contributed by atoms with Crippen LogP contribution in [-0.4, -0.2) is 18.8 Å². The van der Waals surface area contributed by atoms with E-state index >= 15 is 0 Å². The molecule has 0 saturated carbocycles. The molecule has 0 aromatic carbocycles. The summed E-state index contributed by atoms with van der Waals surface area (Å²) in [5.41, 5.74) is 4.28. The van der Waals surface area contributed by atoms with Gasteiger partial charge in [-0.05, 0) is 38.5 Å². The third-order valence-electron chi connectivity index (χ3n) is 4.24. The molecule has 0 aliphatic heterocycles. The molecule has 1 aliphatic carbocycles. The third-order valence-corrected chi connectivity index (χ3v) is 4.24. The molecule has 3 heteroatoms. The highest BCUT2D eigenvalue weighted by atomic mass is 16.5. The van der Waals surface area contributed by atoms with E-state index in [0.29, 0.717) is 0 Å². The molecule has 0 bridgehead atoms. The highest BCUT2D eigenvalue weighted by Crippen LogP contribution is 2.32. The van der Waals surface area contributed by atoms with E-state index < -0.39 is 0 Å². The Morgan fingerprint density at radius 2 is 2.06 bits per heavy atom. The summed E-state index contributed by atoms with van der Waals surface area (Å²) in [5, 5.41) is 0. The van der Waals surface area contributed by atoms with Crippen LogP contribution in [0, 0.1) is 0 Å². The van der Waals surface area contributed by atoms with Crippen molar-refractivity contribution in [3.05, 3.63) is 11.6 Å². The fraction of sp³-hybridized carbons (Fsp3) is 0.857. The van der Waals surface area contributed by atoms with Crippen molar-refractivity contribution in [2.75, 3.05) is 7.11 Å². The largest absolute Gasteiger partial charge is 0.376 e. The zero-order chi connectivity index (χ0) is 12.7. The quantitative estimate of drug-likeness (QED) is 0.426. The van der Waals surface area contributed by atoms with Crippen LogP contribution in [0.15, 0.2) is 11.6 Å². The monoisotopic (exact) mass is 240 g/mol. The van der Waals surface area contributed by atoms with E-state index in [4.69, 9.17) is 10.6 Å². The lowest BCUT2D eigenvalue weighted by Gasteiger charge is -2.39. The molecule has 0 aromatic rings. The number of rotatable bonds is 6. The summed E-state index contributed by atoms with van der Waals surface area (Å²) in [7, 11) is 1.80. The van der Waals surface area contributed by atoms with Gasteiger partial charge < -0.3 is 4.74 Å². The van der Waals surface area contributed by atoms with E-state index in [1.165, 1.54) is 31.3 Å². The van der Waals surface area contributed by atoms with Crippen molar-refractivity contribution in [2.45, 2.75) is 70.4 Å². The van der Waals surface area contributed by atoms with Gasteiger partial charge in [0.2, 0.25) is 0 Å². The predicted molar refractivity (Wildman–Crippen MR) is 72.6 cm³/mol. The first-order valence-corrected chi connectivity index (χ1v) is 6.94. The van der Waals surface area contributed by atoms with Gasteiger partial charge in [-0.3, -0.25) is 11.3 Å². The van der Waals surface area contributed by atoms with Gasteiger partial charge in [0, 0.05) is 7.11 Å². The van der Waals surface area contributed by atoms with E-state index in [1.54, 1.807) is 7.11 Å². The number of hydrazine groups is 1. The number of hydrogen-bond donors (Lipinski definition) is 2. The molecule has 0 fully saturated rings. The Hall–Kier alpha value is -0.380. The Morgan fingerprint density at radius 1 is 1.35 bits per heavy atom. The van der Waals surface area contributed by atoms with Gasteiger partial charge in [0.25, 0.3) is 0 Å². The second-order valence-electron chi connectivity index (χ2n) is 4.95. The van der Waals surface area contributed by atoms with Crippen LogP contribution in [0.25, 0.3) is 0 Å². The van der Waals surface area contributed by atoms with Gasteiger partial charge in [-0.15, -0.1) is 0 Å². The standard InChI is InChI=1S/C14H28N2O/c1-4-14(5-2,17-3)13(16-15)12-10-8-6-7-9-11-12/h10,13,16H,4-9,11,15H2,1-3H3. The van der Waals surface area contributed by atoms with Gasteiger partial charge in [-0.1, -0.05) is 31.9 Å². The van der Waals surface area contributed by atoms with Gasteiger partial charge in [0.1, 0.15) is 0 Å². The molecule has 3 nitrogen and oxygen atoms in total. The molecule has 1 rings (SSSR count). The first kappa shape index (κ1) is 14.7. The van der Waals surface area contributed by atoms with Gasteiger partial charge in [-0.25, -0.2) is 0 Å². The zero-order valence-electron chi connectivity index (χ0n) is 11.6. The van der Waals surface area contributed by atoms with E-state index in [2.05, 4.69) is 25.3 Å². The Balaban J connectivity index is 2.90. The Morgan fingerprint density at radius 3 is 2.59 bits per heavy atom. The topological polar surface area (TPSA) is 47.3 Å². The van der Waals surface area contributed by atoms with Crippen LogP contribution in [0.5, 0.6) is 0 Å². The number of nitrogens with two attached hydrogens (primary N) is 1. The number of allylic oxidation sites excluding steroid dienone is 1. The maximum absolute atomic E-state index is 5.80. The second-order valence-corrected chi connectivity index (χ2v) is 4.95. The van der Waals surface area contributed by atoms with Crippen molar-refractivity contribution in [2.24, 2.45) is 5.84 Å². The van der Waals surface area contributed by atoms with Gasteiger partial charge in [-0.2, -0.15) is 0 Å². The molecule has 1 aliphatic rings. The molecule has 3 N–H and O–H groups in total. The minimum Gasteiger partial charge on any atom is -0.376 e. The fourth-order valence-electron chi connectivity index (χ4n) is 2.96. The zero-order valence-corrected chi connectivity index (χ0v) is 11.6. The molecule has 1 unspecified atom stereocenters. The van der Waals surface area contributed by atoms with Gasteiger partial charge >= 0.3 is 0 Å². The van der Waals surface area contributed by atoms with Crippen molar-refractivity contribution in [1.82, 2.24) is 5.43 Å². The normalized spacial score (nSPS) is 19.6. The summed E-state index contributed by atoms with van der Waals surface area (Å²) in [6.45, 7) is 4.35. The molecule has 100 valence electrons. The predicted octanol–water partition coefficient (Wildman–Crippen LogP) is 2.91. The lowest BCUT2D eigenvalue weighted by atomic mass is 9.82. The molecule has 0 spiro atoms. The second kappa shape index (κ2) is 7.14. The fourth-order valence-corrected chi connectivity index (χ4v) is 2.96. The van der Waals surface area contributed by atoms with Crippen LogP contribution in [-0.2, 0) is 4.74 Å². The minimum absolute atomic E-state index is 0.153. The molecular formula is C14H28N2O. The summed E-state index contributed by atoms with van der Waals surface area (Å²) >= 11 is 0. The highest BCUT2D eigenvalue weighted by Gasteiger charge is 2.37. The van der Waals surface area contributed by atoms with Crippen molar-refractivity contribution >= 4 is 0 Å². The van der Waals surface area contributed by atoms with Crippen molar-refractivity contribution < 1.29 is 4.74 Å². The average Bonchev–Trinajstić information content (AvgIpc) is 2.65. The van der Waals surface area contributed by atoms with Crippen molar-refractivity contribution in [3.63, 3.8) is 0 Å². The van der Waals surface area contributed by atoms with Crippen LogP contribution < -0.4 is 11.3 Å². The molecule has 0 amide bonds. The van der Waals surface area contributed by atoms with Crippen LogP contribution in [0.1, 0.15) is 58.8 Å². The van der Waals surface area contributed by atoms with Crippen molar-refractivity contribution in [1.29, 1.82) is 0 Å². The summed E-state index contributed by atoms with van der Waals surface area (Å²) in [4.78, 5) is 0. The Kier molecular flexibility index (Phi) is 6.17. The summed E-state index contributed by atoms with van der Waals surface area (Å²) in [6, 6.07) is 0.153. The molecule has 17 heavy (non-hydrogen) atoms. The van der Waals surface area contributed by atoms with Gasteiger partial charge in [0.15, 0.2) is 0 Å². The molecule has 0 aromatic heterocycles. The first-order valence-electron chi connectivity index (χ1n) is 6.94. The molecule has 1 atom stereocenters. The van der Waals surface area contributed by atoms with E-state index in [-0.39, 0.29) is 11.6 Å². The van der Waals surface area contributed by atoms with Crippen LogP contribution in [0.3, 0.4) is 0 Å². The molecule has 0 saturated heterocycles. The Labute approximate surface area is 106 Å². The van der Waals surface area contributed by atoms with Crippen molar-refractivity contribution in [3.8, 4) is 0 Å². The number of ether oxygens (including phenoxy) is 1. The number of methoxy groups -OCH3 is 1. The summed E-state index contributed by atoms with van der Waals surface area (Å²) in [5.74, 6) is 5.80. The first-order chi connectivity index (χ1) is 8.24. The summed E-state index contributed by atoms with van der Waals surface area (Å²) in [6.07, 6.45) is 10.6. The molecular weight excluding hydrogens is 212 g/mol. The van der Waals surface area contributed by atoms with E-state index in [0.717, 1.165) is 19.3 Å². The van der Waals surface area contributed by atoms with Crippen LogP contribution in [0.2, 0.25) is 0 Å². The van der Waals surface area contributed by atoms with Crippen LogP contribution >= 0.6 is 0 Å². The molecule has 0 radical (unpaired) electrons. The lowest BCUT2D eigenvalue weighted by molar-refractivity contribution is -0.0387. The molecule has 0 heterocycles. The summed E-state index contributed by atoms with van der Waals surface area (Å²) < 4.78 is 5.80. The highest BCUT2D eigenvalue weighted by molar-refractivity contribution is 5.18. The SMILES string of the molecule is CCC(CC)(OC)C(NN)C1=CCCCCC1. The maximum Gasteiger partial charge on any atom is 0.0876 e.